The van der Waals surface area contributed by atoms with Crippen molar-refractivity contribution in [2.45, 2.75) is 72.2 Å². The van der Waals surface area contributed by atoms with Gasteiger partial charge < -0.3 is 34.6 Å². The van der Waals surface area contributed by atoms with Crippen LogP contribution in [0.25, 0.3) is 0 Å². The summed E-state index contributed by atoms with van der Waals surface area (Å²) >= 11 is 2.85. The van der Waals surface area contributed by atoms with Gasteiger partial charge in [-0.05, 0) is 76.9 Å². The Hall–Kier alpha value is -5.72. The molecule has 6 rings (SSSR count). The van der Waals surface area contributed by atoms with E-state index in [-0.39, 0.29) is 41.6 Å². The molecule has 0 aliphatic carbocycles. The van der Waals surface area contributed by atoms with E-state index in [0.717, 1.165) is 12.1 Å². The molecule has 2 aliphatic heterocycles. The van der Waals surface area contributed by atoms with E-state index in [2.05, 4.69) is 36.0 Å². The number of aryl methyl sites for hydroxylation is 1. The predicted molar refractivity (Wildman–Crippen MR) is 186 cm³/mol. The Morgan fingerprint density at radius 3 is 1.82 bits per heavy atom. The minimum Gasteiger partial charge on any atom is -0.481 e. The second-order valence-corrected chi connectivity index (χ2v) is 14.6. The van der Waals surface area contributed by atoms with E-state index in [0.29, 0.717) is 74.1 Å². The summed E-state index contributed by atoms with van der Waals surface area (Å²) in [6, 6.07) is 8.04. The molecule has 5 heterocycles. The number of tetrazole rings is 2. The van der Waals surface area contributed by atoms with E-state index in [1.807, 2.05) is 0 Å². The number of aromatic nitrogens is 9. The lowest BCUT2D eigenvalue weighted by molar-refractivity contribution is -0.138. The fourth-order valence-corrected chi connectivity index (χ4v) is 7.35. The molecule has 2 amide bonds. The van der Waals surface area contributed by atoms with Crippen LogP contribution in [0, 0.1) is 0 Å². The first-order valence-electron chi connectivity index (χ1n) is 16.8. The highest BCUT2D eigenvalue weighted by atomic mass is 32.2. The number of aliphatic carboxylic acids is 2. The molecule has 0 spiro atoms. The zero-order valence-electron chi connectivity index (χ0n) is 29.1. The van der Waals surface area contributed by atoms with Crippen molar-refractivity contribution in [2.24, 2.45) is 0 Å². The number of rotatable bonds is 12. The van der Waals surface area contributed by atoms with Gasteiger partial charge in [-0.1, -0.05) is 23.5 Å². The smallest absolute Gasteiger partial charge is 0.417 e. The van der Waals surface area contributed by atoms with Crippen LogP contribution >= 0.6 is 23.5 Å². The van der Waals surface area contributed by atoms with Crippen molar-refractivity contribution in [3.63, 3.8) is 0 Å². The number of piperidine rings is 2. The minimum atomic E-state index is -4.48. The van der Waals surface area contributed by atoms with Gasteiger partial charge in [0, 0.05) is 48.9 Å². The van der Waals surface area contributed by atoms with Gasteiger partial charge in [-0.3, -0.25) is 9.59 Å². The Balaban J connectivity index is 0.000000265. The molecular weight excluding hydrogens is 792 g/mol. The molecule has 3 aromatic heterocycles. The summed E-state index contributed by atoms with van der Waals surface area (Å²) in [5, 5.41) is 50.0. The Morgan fingerprint density at radius 2 is 1.30 bits per heavy atom. The average molecular weight is 826 g/mol. The lowest BCUT2D eigenvalue weighted by atomic mass is 10.1. The molecule has 4 aromatic rings. The summed E-state index contributed by atoms with van der Waals surface area (Å²) in [5.74, 6) is -1.34. The third-order valence-electron chi connectivity index (χ3n) is 8.09. The molecule has 25 heteroatoms. The van der Waals surface area contributed by atoms with Gasteiger partial charge in [0.2, 0.25) is 16.2 Å². The van der Waals surface area contributed by atoms with Crippen LogP contribution in [0.2, 0.25) is 0 Å². The fourth-order valence-electron chi connectivity index (χ4n) is 5.22. The highest BCUT2D eigenvalue weighted by Gasteiger charge is 2.31. The van der Waals surface area contributed by atoms with E-state index >= 15 is 0 Å². The molecule has 3 N–H and O–H groups in total. The number of hydrogen-bond acceptors (Lipinski definition) is 15. The molecule has 0 atom stereocenters. The van der Waals surface area contributed by atoms with Gasteiger partial charge in [-0.2, -0.15) is 13.2 Å². The van der Waals surface area contributed by atoms with E-state index in [1.165, 1.54) is 62.1 Å². The van der Waals surface area contributed by atoms with Crippen LogP contribution in [0.3, 0.4) is 0 Å². The number of carbonyl (C=O) groups excluding carboxylic acids is 1. The van der Waals surface area contributed by atoms with Crippen LogP contribution < -0.4 is 9.47 Å². The summed E-state index contributed by atoms with van der Waals surface area (Å²) in [5.41, 5.74) is -0.874. The highest BCUT2D eigenvalue weighted by Crippen LogP contribution is 2.32. The first kappa shape index (κ1) is 41.4. The second-order valence-electron chi connectivity index (χ2n) is 12.1. The number of thioether (sulfide) groups is 2. The van der Waals surface area contributed by atoms with Crippen LogP contribution in [-0.4, -0.2) is 131 Å². The maximum atomic E-state index is 12.6. The average Bonchev–Trinajstić information content (AvgIpc) is 3.80. The standard InChI is InChI=1S/C22H21F3N6O5S.C9H13N5O4S/c23-22(24,25)14-1-6-18(26-13-14)35-15-2-4-16(5-3-15)36-21(34)30-10-7-17(8-11-30)37-20-27-28-29-31(20)12-9-19(32)33;15-7(16)5-14-8(10-11-12-14)19-6-1-3-13(4-2-6)9(17)18/h1-6,13,17H,7-12H2,(H,32,33);6H,1-5H2,(H,15,16)(H,17,18). The van der Waals surface area contributed by atoms with Crippen molar-refractivity contribution < 1.29 is 57.1 Å². The molecule has 2 saturated heterocycles. The maximum absolute atomic E-state index is 12.6. The van der Waals surface area contributed by atoms with Crippen LogP contribution in [0.5, 0.6) is 17.4 Å². The molecule has 0 radical (unpaired) electrons. The lowest BCUT2D eigenvalue weighted by Crippen LogP contribution is -2.41. The van der Waals surface area contributed by atoms with Crippen molar-refractivity contribution in [1.82, 2.24) is 55.2 Å². The number of hydrogen-bond donors (Lipinski definition) is 3. The molecular formula is C31H34F3N11O9S2. The number of pyridine rings is 1. The molecule has 0 unspecified atom stereocenters. The maximum Gasteiger partial charge on any atom is 0.417 e. The molecule has 0 saturated carbocycles. The largest absolute Gasteiger partial charge is 0.481 e. The van der Waals surface area contributed by atoms with Crippen LogP contribution in [0.1, 0.15) is 37.7 Å². The third-order valence-corrected chi connectivity index (χ3v) is 10.7. The van der Waals surface area contributed by atoms with Crippen molar-refractivity contribution in [3.05, 3.63) is 48.2 Å². The molecule has 0 bridgehead atoms. The molecule has 1 aromatic carbocycles. The normalized spacial score (nSPS) is 15.1. The number of halogens is 3. The second kappa shape index (κ2) is 19.2. The first-order chi connectivity index (χ1) is 26.7. The number of carbonyl (C=O) groups is 4. The summed E-state index contributed by atoms with van der Waals surface area (Å²) in [7, 11) is 0. The Morgan fingerprint density at radius 1 is 0.750 bits per heavy atom. The van der Waals surface area contributed by atoms with E-state index in [1.54, 1.807) is 4.90 Å². The van der Waals surface area contributed by atoms with Crippen LogP contribution in [0.4, 0.5) is 22.8 Å². The van der Waals surface area contributed by atoms with Crippen LogP contribution in [0.15, 0.2) is 52.9 Å². The van der Waals surface area contributed by atoms with Crippen molar-refractivity contribution in [2.75, 3.05) is 26.2 Å². The minimum absolute atomic E-state index is 0.00518. The Bertz CT molecular complexity index is 1940. The van der Waals surface area contributed by atoms with Gasteiger partial charge in [0.25, 0.3) is 0 Å². The summed E-state index contributed by atoms with van der Waals surface area (Å²) < 4.78 is 51.5. The van der Waals surface area contributed by atoms with Gasteiger partial charge in [0.1, 0.15) is 18.0 Å². The van der Waals surface area contributed by atoms with Crippen molar-refractivity contribution in [1.29, 1.82) is 0 Å². The number of carboxylic acid groups (broad SMARTS) is 3. The highest BCUT2D eigenvalue weighted by molar-refractivity contribution is 8.00. The third kappa shape index (κ3) is 12.4. The van der Waals surface area contributed by atoms with E-state index in [4.69, 9.17) is 24.8 Å². The monoisotopic (exact) mass is 825 g/mol. The van der Waals surface area contributed by atoms with Crippen LogP contribution in [-0.2, 0) is 28.9 Å². The van der Waals surface area contributed by atoms with Gasteiger partial charge in [0.15, 0.2) is 0 Å². The lowest BCUT2D eigenvalue weighted by Gasteiger charge is -2.30. The zero-order valence-corrected chi connectivity index (χ0v) is 30.8. The summed E-state index contributed by atoms with van der Waals surface area (Å²) in [6.07, 6.45) is -2.51. The van der Waals surface area contributed by atoms with Gasteiger partial charge in [-0.25, -0.2) is 23.9 Å². The topological polar surface area (TPSA) is 254 Å². The number of nitrogens with zero attached hydrogens (tertiary/aromatic N) is 11. The zero-order chi connectivity index (χ0) is 40.2. The van der Waals surface area contributed by atoms with E-state index in [9.17, 15) is 32.3 Å². The number of benzene rings is 1. The van der Waals surface area contributed by atoms with Crippen molar-refractivity contribution in [3.8, 4) is 17.4 Å². The van der Waals surface area contributed by atoms with E-state index < -0.39 is 35.9 Å². The Labute approximate surface area is 323 Å². The number of ether oxygens (including phenoxy) is 2. The quantitative estimate of drug-likeness (QED) is 0.182. The summed E-state index contributed by atoms with van der Waals surface area (Å²) in [4.78, 5) is 51.3. The Kier molecular flexibility index (Phi) is 14.2. The van der Waals surface area contributed by atoms with Gasteiger partial charge in [0.05, 0.1) is 18.5 Å². The number of likely N-dealkylation sites (tertiary alicyclic amines) is 2. The first-order valence-corrected chi connectivity index (χ1v) is 18.5. The van der Waals surface area contributed by atoms with Crippen molar-refractivity contribution >= 4 is 47.6 Å². The molecule has 2 fully saturated rings. The number of alkyl halides is 3. The van der Waals surface area contributed by atoms with Gasteiger partial charge in [-0.15, -0.1) is 10.2 Å². The molecule has 56 heavy (non-hydrogen) atoms. The molecule has 20 nitrogen and oxygen atoms in total. The number of carboxylic acids is 2. The fraction of sp³-hybridized carbons (Fsp3) is 0.452. The summed E-state index contributed by atoms with van der Waals surface area (Å²) in [6.45, 7) is 1.80. The molecule has 2 aliphatic rings. The SMILES string of the molecule is O=C(O)CCn1nnnc1SC1CCN(C(=O)Oc2ccc(Oc3ccc(C(F)(F)F)cn3)cc2)CC1.O=C(O)Cn1nnnc1SC1CCN(C(=O)O)CC1. The van der Waals surface area contributed by atoms with Gasteiger partial charge >= 0.3 is 30.3 Å². The number of amides is 2. The molecule has 300 valence electrons. The predicted octanol–water partition coefficient (Wildman–Crippen LogP) is 4.10.